The number of rotatable bonds is 4. The number of carbonyl (C=O) groups excluding carboxylic acids is 2. The van der Waals surface area contributed by atoms with Gasteiger partial charge in [0.05, 0.1) is 12.3 Å². The van der Waals surface area contributed by atoms with Crippen LogP contribution in [0.2, 0.25) is 0 Å². The highest BCUT2D eigenvalue weighted by molar-refractivity contribution is 6.00. The lowest BCUT2D eigenvalue weighted by atomic mass is 10.1. The molecule has 5 nitrogen and oxygen atoms in total. The summed E-state index contributed by atoms with van der Waals surface area (Å²) in [4.78, 5) is 24.1. The number of benzene rings is 1. The first kappa shape index (κ1) is 12.4. The van der Waals surface area contributed by atoms with Crippen molar-refractivity contribution in [1.29, 1.82) is 0 Å². The number of para-hydroxylation sites is 2. The van der Waals surface area contributed by atoms with Gasteiger partial charge in [-0.2, -0.15) is 0 Å². The average molecular weight is 248 g/mol. The zero-order chi connectivity index (χ0) is 13.1. The second-order valence-corrected chi connectivity index (χ2v) is 4.13. The molecule has 5 heteroatoms. The van der Waals surface area contributed by atoms with Crippen molar-refractivity contribution in [2.24, 2.45) is 5.92 Å². The van der Waals surface area contributed by atoms with Crippen LogP contribution in [0.1, 0.15) is 13.3 Å². The number of carbonyl (C=O) groups is 2. The number of carboxylic acids is 1. The number of hydrogen-bond acceptors (Lipinski definition) is 4. The van der Waals surface area contributed by atoms with Crippen LogP contribution in [0.25, 0.3) is 0 Å². The third-order valence-electron chi connectivity index (χ3n) is 2.91. The van der Waals surface area contributed by atoms with Gasteiger partial charge in [0, 0.05) is 24.9 Å². The lowest BCUT2D eigenvalue weighted by Crippen LogP contribution is -2.33. The summed E-state index contributed by atoms with van der Waals surface area (Å²) in [6, 6.07) is 7.11. The molecule has 0 saturated carbocycles. The quantitative estimate of drug-likeness (QED) is 0.762. The van der Waals surface area contributed by atoms with E-state index in [-0.39, 0.29) is 18.9 Å². The molecule has 0 spiro atoms. The van der Waals surface area contributed by atoms with Gasteiger partial charge in [0.25, 0.3) is 0 Å². The number of nitrogens with zero attached hydrogens (tertiary/aromatic N) is 1. The summed E-state index contributed by atoms with van der Waals surface area (Å²) < 4.78 is 5.44. The molecule has 0 bridgehead atoms. The zero-order valence-electron chi connectivity index (χ0n) is 10.1. The minimum atomic E-state index is -1.18. The molecule has 0 aliphatic carbocycles. The Morgan fingerprint density at radius 2 is 2.22 bits per heavy atom. The van der Waals surface area contributed by atoms with Crippen LogP contribution in [0.3, 0.4) is 0 Å². The standard InChI is InChI=1S/C13H15NO4/c1-2-18-11-6-4-3-5-10(11)14-8-9(13(16)17)7-12(14)15/h3-6,9H,2,7-8H2,1H3,(H,16,17)/p-1/t9-/m1/s1. The summed E-state index contributed by atoms with van der Waals surface area (Å²) >= 11 is 0. The predicted octanol–water partition coefficient (Wildman–Crippen LogP) is 0.188. The SMILES string of the molecule is CCOc1ccccc1N1C[C@H](C(=O)[O-])CC1=O. The molecule has 1 aromatic carbocycles. The minimum Gasteiger partial charge on any atom is -0.550 e. The van der Waals surface area contributed by atoms with Crippen LogP contribution in [0.4, 0.5) is 5.69 Å². The molecule has 1 aliphatic rings. The number of amides is 1. The third kappa shape index (κ3) is 2.30. The van der Waals surface area contributed by atoms with Crippen LogP contribution < -0.4 is 14.7 Å². The minimum absolute atomic E-state index is 0.0111. The largest absolute Gasteiger partial charge is 0.550 e. The van der Waals surface area contributed by atoms with Crippen LogP contribution in [-0.4, -0.2) is 25.0 Å². The zero-order valence-corrected chi connectivity index (χ0v) is 10.1. The fraction of sp³-hybridized carbons (Fsp3) is 0.385. The molecule has 0 N–H and O–H groups in total. The summed E-state index contributed by atoms with van der Waals surface area (Å²) in [6.07, 6.45) is -0.0111. The Morgan fingerprint density at radius 3 is 2.83 bits per heavy atom. The van der Waals surface area contributed by atoms with Gasteiger partial charge in [-0.25, -0.2) is 0 Å². The molecular weight excluding hydrogens is 234 g/mol. The molecule has 1 heterocycles. The van der Waals surface area contributed by atoms with E-state index in [1.54, 1.807) is 18.2 Å². The molecule has 2 rings (SSSR count). The van der Waals surface area contributed by atoms with E-state index in [2.05, 4.69) is 0 Å². The number of anilines is 1. The Morgan fingerprint density at radius 1 is 1.50 bits per heavy atom. The normalized spacial score (nSPS) is 19.1. The van der Waals surface area contributed by atoms with Gasteiger partial charge in [-0.1, -0.05) is 12.1 Å². The molecule has 18 heavy (non-hydrogen) atoms. The lowest BCUT2D eigenvalue weighted by Gasteiger charge is -2.20. The first-order chi connectivity index (χ1) is 8.63. The summed E-state index contributed by atoms with van der Waals surface area (Å²) in [7, 11) is 0. The van der Waals surface area contributed by atoms with Crippen molar-refractivity contribution in [2.45, 2.75) is 13.3 Å². The highest BCUT2D eigenvalue weighted by atomic mass is 16.5. The van der Waals surface area contributed by atoms with E-state index < -0.39 is 11.9 Å². The highest BCUT2D eigenvalue weighted by Gasteiger charge is 2.32. The van der Waals surface area contributed by atoms with Crippen molar-refractivity contribution in [3.63, 3.8) is 0 Å². The Balaban J connectivity index is 2.26. The molecular formula is C13H14NO4-. The summed E-state index contributed by atoms with van der Waals surface area (Å²) in [6.45, 7) is 2.49. The van der Waals surface area contributed by atoms with Crippen molar-refractivity contribution in [3.05, 3.63) is 24.3 Å². The van der Waals surface area contributed by atoms with Gasteiger partial charge < -0.3 is 19.5 Å². The van der Waals surface area contributed by atoms with Crippen LogP contribution in [-0.2, 0) is 9.59 Å². The Hall–Kier alpha value is -2.04. The molecule has 1 aromatic rings. The van der Waals surface area contributed by atoms with Crippen molar-refractivity contribution in [2.75, 3.05) is 18.1 Å². The van der Waals surface area contributed by atoms with Gasteiger partial charge in [0.1, 0.15) is 5.75 Å². The molecule has 0 aromatic heterocycles. The summed E-state index contributed by atoms with van der Waals surface area (Å²) in [5.41, 5.74) is 0.619. The maximum atomic E-state index is 11.8. The summed E-state index contributed by atoms with van der Waals surface area (Å²) in [5.74, 6) is -1.55. The number of carboxylic acid groups (broad SMARTS) is 1. The Kier molecular flexibility index (Phi) is 3.50. The maximum Gasteiger partial charge on any atom is 0.227 e. The molecule has 0 radical (unpaired) electrons. The topological polar surface area (TPSA) is 69.7 Å². The second-order valence-electron chi connectivity index (χ2n) is 4.13. The first-order valence-electron chi connectivity index (χ1n) is 5.86. The predicted molar refractivity (Wildman–Crippen MR) is 63.1 cm³/mol. The molecule has 1 fully saturated rings. The van der Waals surface area contributed by atoms with Gasteiger partial charge in [-0.15, -0.1) is 0 Å². The van der Waals surface area contributed by atoms with Crippen molar-refractivity contribution in [3.8, 4) is 5.75 Å². The number of hydrogen-bond donors (Lipinski definition) is 0. The first-order valence-corrected chi connectivity index (χ1v) is 5.86. The fourth-order valence-corrected chi connectivity index (χ4v) is 2.06. The van der Waals surface area contributed by atoms with E-state index in [0.29, 0.717) is 18.0 Å². The smallest absolute Gasteiger partial charge is 0.227 e. The Bertz CT molecular complexity index is 472. The van der Waals surface area contributed by atoms with Crippen molar-refractivity contribution in [1.82, 2.24) is 0 Å². The van der Waals surface area contributed by atoms with Crippen molar-refractivity contribution >= 4 is 17.6 Å². The van der Waals surface area contributed by atoms with E-state index in [4.69, 9.17) is 4.74 Å². The van der Waals surface area contributed by atoms with E-state index in [1.165, 1.54) is 4.90 Å². The molecule has 96 valence electrons. The average Bonchev–Trinajstić information content (AvgIpc) is 2.73. The van der Waals surface area contributed by atoms with E-state index in [0.717, 1.165) is 0 Å². The highest BCUT2D eigenvalue weighted by Crippen LogP contribution is 2.32. The van der Waals surface area contributed by atoms with Crippen LogP contribution in [0.15, 0.2) is 24.3 Å². The molecule has 0 unspecified atom stereocenters. The third-order valence-corrected chi connectivity index (χ3v) is 2.91. The van der Waals surface area contributed by atoms with E-state index in [1.807, 2.05) is 13.0 Å². The molecule has 1 amide bonds. The Labute approximate surface area is 105 Å². The van der Waals surface area contributed by atoms with E-state index in [9.17, 15) is 14.7 Å². The van der Waals surface area contributed by atoms with Crippen molar-refractivity contribution < 1.29 is 19.4 Å². The monoisotopic (exact) mass is 248 g/mol. The van der Waals surface area contributed by atoms with Gasteiger partial charge in [-0.05, 0) is 19.1 Å². The number of aliphatic carboxylic acids is 1. The second kappa shape index (κ2) is 5.08. The van der Waals surface area contributed by atoms with Gasteiger partial charge in [0.15, 0.2) is 0 Å². The van der Waals surface area contributed by atoms with Gasteiger partial charge in [-0.3, -0.25) is 4.79 Å². The fourth-order valence-electron chi connectivity index (χ4n) is 2.06. The lowest BCUT2D eigenvalue weighted by molar-refractivity contribution is -0.310. The van der Waals surface area contributed by atoms with Gasteiger partial charge in [0.2, 0.25) is 5.91 Å². The number of ether oxygens (including phenoxy) is 1. The van der Waals surface area contributed by atoms with Gasteiger partial charge >= 0.3 is 0 Å². The van der Waals surface area contributed by atoms with Crippen LogP contribution >= 0.6 is 0 Å². The molecule has 1 atom stereocenters. The molecule has 1 saturated heterocycles. The van der Waals surface area contributed by atoms with Crippen LogP contribution in [0.5, 0.6) is 5.75 Å². The molecule has 1 aliphatic heterocycles. The van der Waals surface area contributed by atoms with Crippen LogP contribution in [0, 0.1) is 5.92 Å². The summed E-state index contributed by atoms with van der Waals surface area (Å²) in [5, 5.41) is 10.8. The van der Waals surface area contributed by atoms with E-state index >= 15 is 0 Å². The maximum absolute atomic E-state index is 11.8.